The van der Waals surface area contributed by atoms with Gasteiger partial charge < -0.3 is 4.74 Å². The number of hydrogen-bond donors (Lipinski definition) is 0. The van der Waals surface area contributed by atoms with Crippen molar-refractivity contribution in [2.45, 2.75) is 17.7 Å². The summed E-state index contributed by atoms with van der Waals surface area (Å²) in [6, 6.07) is 0.844. The molecular weight excluding hydrogens is 262 g/mol. The quantitative estimate of drug-likeness (QED) is 0.735. The third-order valence-corrected chi connectivity index (χ3v) is 3.73. The van der Waals surface area contributed by atoms with Gasteiger partial charge in [-0.3, -0.25) is 0 Å². The van der Waals surface area contributed by atoms with Crippen molar-refractivity contribution in [3.63, 3.8) is 0 Å². The van der Waals surface area contributed by atoms with Crippen molar-refractivity contribution in [2.75, 3.05) is 6.61 Å². The average Bonchev–Trinajstić information content (AvgIpc) is 2.44. The molecule has 3 nitrogen and oxygen atoms in total. The van der Waals surface area contributed by atoms with Crippen LogP contribution in [-0.4, -0.2) is 15.0 Å². The van der Waals surface area contributed by atoms with Crippen LogP contribution in [0.3, 0.4) is 0 Å². The Morgan fingerprint density at radius 1 is 1.50 bits per heavy atom. The Balaban J connectivity index is 2.80. The molecule has 0 saturated heterocycles. The Bertz CT molecular complexity index is 556. The Labute approximate surface area is 95.4 Å². The summed E-state index contributed by atoms with van der Waals surface area (Å²) in [6.45, 7) is 1.84. The van der Waals surface area contributed by atoms with Crippen molar-refractivity contribution < 1.29 is 21.9 Å². The van der Waals surface area contributed by atoms with Crippen LogP contribution in [0, 0.1) is 11.6 Å². The van der Waals surface area contributed by atoms with Crippen LogP contribution < -0.4 is 4.74 Å². The average molecular weight is 269 g/mol. The number of benzene rings is 1. The molecule has 0 saturated carbocycles. The topological polar surface area (TPSA) is 43.4 Å². The smallest absolute Gasteiger partial charge is 0.267 e. The van der Waals surface area contributed by atoms with E-state index in [1.165, 1.54) is 0 Å². The van der Waals surface area contributed by atoms with E-state index in [0.29, 0.717) is 0 Å². The van der Waals surface area contributed by atoms with Crippen LogP contribution in [0.5, 0.6) is 5.75 Å². The molecule has 7 heteroatoms. The van der Waals surface area contributed by atoms with Crippen molar-refractivity contribution in [3.8, 4) is 5.75 Å². The molecule has 0 aromatic heterocycles. The maximum absolute atomic E-state index is 13.8. The van der Waals surface area contributed by atoms with Crippen LogP contribution in [-0.2, 0) is 9.05 Å². The molecule has 0 bridgehead atoms. The Morgan fingerprint density at radius 3 is 2.69 bits per heavy atom. The van der Waals surface area contributed by atoms with Gasteiger partial charge in [-0.25, -0.2) is 17.2 Å². The molecule has 16 heavy (non-hydrogen) atoms. The Hall–Kier alpha value is -0.880. The zero-order valence-corrected chi connectivity index (χ0v) is 9.70. The molecule has 1 aliphatic rings. The van der Waals surface area contributed by atoms with Gasteiger partial charge in [0.25, 0.3) is 9.05 Å². The zero-order chi connectivity index (χ0) is 12.1. The van der Waals surface area contributed by atoms with Crippen LogP contribution in [0.15, 0.2) is 11.0 Å². The van der Waals surface area contributed by atoms with Gasteiger partial charge in [-0.1, -0.05) is 6.92 Å². The molecule has 1 heterocycles. The second kappa shape index (κ2) is 3.56. The fraction of sp³-hybridized carbons (Fsp3) is 0.333. The molecule has 1 aromatic carbocycles. The summed E-state index contributed by atoms with van der Waals surface area (Å²) in [6.07, 6.45) is 0. The molecule has 0 N–H and O–H groups in total. The first-order chi connectivity index (χ1) is 7.32. The maximum atomic E-state index is 13.8. The summed E-state index contributed by atoms with van der Waals surface area (Å²) in [5, 5.41) is 0. The van der Waals surface area contributed by atoms with Crippen molar-refractivity contribution in [2.24, 2.45) is 0 Å². The van der Waals surface area contributed by atoms with Gasteiger partial charge in [0.05, 0.1) is 6.61 Å². The minimum Gasteiger partial charge on any atom is -0.492 e. The van der Waals surface area contributed by atoms with Crippen LogP contribution in [0.4, 0.5) is 8.78 Å². The summed E-state index contributed by atoms with van der Waals surface area (Å²) in [5.74, 6) is -2.69. The van der Waals surface area contributed by atoms with Crippen LogP contribution in [0.1, 0.15) is 18.4 Å². The second-order valence-corrected chi connectivity index (χ2v) is 6.07. The minimum atomic E-state index is -4.44. The predicted octanol–water partition coefficient (Wildman–Crippen LogP) is 2.39. The van der Waals surface area contributed by atoms with Gasteiger partial charge >= 0.3 is 0 Å². The molecule has 2 rings (SSSR count). The van der Waals surface area contributed by atoms with Gasteiger partial charge in [-0.2, -0.15) is 0 Å². The number of halogens is 3. The number of hydrogen-bond acceptors (Lipinski definition) is 3. The first-order valence-corrected chi connectivity index (χ1v) is 6.72. The van der Waals surface area contributed by atoms with Gasteiger partial charge in [-0.05, 0) is 0 Å². The summed E-state index contributed by atoms with van der Waals surface area (Å²) in [7, 11) is 0.527. The van der Waals surface area contributed by atoms with E-state index in [4.69, 9.17) is 15.4 Å². The standard InChI is InChI=1S/C9H7ClF2O3S/c1-4-3-15-6-2-5(11)9(16(10,13)14)8(12)7(4)6/h2,4H,3H2,1H3. The predicted molar refractivity (Wildman–Crippen MR) is 53.3 cm³/mol. The molecule has 1 atom stereocenters. The number of fused-ring (bicyclic) bond motifs is 1. The van der Waals surface area contributed by atoms with E-state index in [1.807, 2.05) is 0 Å². The first-order valence-electron chi connectivity index (χ1n) is 4.41. The highest BCUT2D eigenvalue weighted by Crippen LogP contribution is 2.40. The molecule has 0 fully saturated rings. The number of ether oxygens (including phenoxy) is 1. The second-order valence-electron chi connectivity index (χ2n) is 3.56. The lowest BCUT2D eigenvalue weighted by atomic mass is 10.0. The third-order valence-electron chi connectivity index (χ3n) is 2.40. The lowest BCUT2D eigenvalue weighted by molar-refractivity contribution is 0.336. The van der Waals surface area contributed by atoms with Crippen molar-refractivity contribution in [1.29, 1.82) is 0 Å². The highest BCUT2D eigenvalue weighted by atomic mass is 35.7. The Kier molecular flexibility index (Phi) is 2.58. The Morgan fingerprint density at radius 2 is 2.12 bits per heavy atom. The molecular formula is C9H7ClF2O3S. The zero-order valence-electron chi connectivity index (χ0n) is 8.13. The lowest BCUT2D eigenvalue weighted by Gasteiger charge is -2.07. The van der Waals surface area contributed by atoms with Crippen molar-refractivity contribution in [3.05, 3.63) is 23.3 Å². The first kappa shape index (κ1) is 11.6. The third kappa shape index (κ3) is 1.66. The molecule has 1 aromatic rings. The molecule has 88 valence electrons. The van der Waals surface area contributed by atoms with E-state index in [0.717, 1.165) is 6.07 Å². The van der Waals surface area contributed by atoms with E-state index >= 15 is 0 Å². The van der Waals surface area contributed by atoms with Crippen LogP contribution in [0.25, 0.3) is 0 Å². The van der Waals surface area contributed by atoms with Crippen LogP contribution in [0.2, 0.25) is 0 Å². The van der Waals surface area contributed by atoms with E-state index in [-0.39, 0.29) is 23.8 Å². The van der Waals surface area contributed by atoms with Gasteiger partial charge in [0.15, 0.2) is 10.7 Å². The normalized spacial score (nSPS) is 19.4. The maximum Gasteiger partial charge on any atom is 0.267 e. The summed E-state index contributed by atoms with van der Waals surface area (Å²) < 4.78 is 54.2. The van der Waals surface area contributed by atoms with E-state index in [9.17, 15) is 17.2 Å². The molecule has 1 aliphatic heterocycles. The molecule has 0 radical (unpaired) electrons. The van der Waals surface area contributed by atoms with Gasteiger partial charge in [0.1, 0.15) is 11.6 Å². The molecule has 0 spiro atoms. The molecule has 1 unspecified atom stereocenters. The molecule has 0 aliphatic carbocycles. The van der Waals surface area contributed by atoms with Crippen LogP contribution >= 0.6 is 10.7 Å². The lowest BCUT2D eigenvalue weighted by Crippen LogP contribution is -2.04. The number of rotatable bonds is 1. The van der Waals surface area contributed by atoms with Crippen molar-refractivity contribution >= 4 is 19.7 Å². The highest BCUT2D eigenvalue weighted by molar-refractivity contribution is 8.13. The van der Waals surface area contributed by atoms with E-state index in [2.05, 4.69) is 0 Å². The monoisotopic (exact) mass is 268 g/mol. The highest BCUT2D eigenvalue weighted by Gasteiger charge is 2.32. The fourth-order valence-corrected chi connectivity index (χ4v) is 2.73. The largest absolute Gasteiger partial charge is 0.492 e. The minimum absolute atomic E-state index is 0.0339. The van der Waals surface area contributed by atoms with Gasteiger partial charge in [-0.15, -0.1) is 0 Å². The van der Waals surface area contributed by atoms with Crippen molar-refractivity contribution in [1.82, 2.24) is 0 Å². The van der Waals surface area contributed by atoms with E-state index < -0.39 is 25.6 Å². The summed E-state index contributed by atoms with van der Waals surface area (Å²) in [4.78, 5) is -1.11. The fourth-order valence-electron chi connectivity index (χ4n) is 1.69. The van der Waals surface area contributed by atoms with Gasteiger partial charge in [0, 0.05) is 28.2 Å². The summed E-state index contributed by atoms with van der Waals surface area (Å²) in [5.41, 5.74) is 0.0561. The SMILES string of the molecule is CC1COc2cc(F)c(S(=O)(=O)Cl)c(F)c21. The summed E-state index contributed by atoms with van der Waals surface area (Å²) >= 11 is 0. The van der Waals surface area contributed by atoms with E-state index in [1.54, 1.807) is 6.92 Å². The molecule has 0 amide bonds. The van der Waals surface area contributed by atoms with Gasteiger partial charge in [0.2, 0.25) is 0 Å².